The molecule has 1 aromatic carbocycles. The summed E-state index contributed by atoms with van der Waals surface area (Å²) < 4.78 is 10.4. The zero-order valence-corrected chi connectivity index (χ0v) is 19.9. The van der Waals surface area contributed by atoms with Gasteiger partial charge in [0.25, 0.3) is 0 Å². The molecule has 3 rings (SSSR count). The smallest absolute Gasteiger partial charge is 0.408 e. The van der Waals surface area contributed by atoms with Crippen molar-refractivity contribution < 1.29 is 33.4 Å². The highest BCUT2D eigenvalue weighted by molar-refractivity contribution is 8.04. The molecule has 1 aromatic rings. The Bertz CT molecular complexity index is 1070. The number of ketones is 2. The number of rotatable bonds is 5. The van der Waals surface area contributed by atoms with E-state index >= 15 is 0 Å². The van der Waals surface area contributed by atoms with Crippen LogP contribution in [-0.4, -0.2) is 59.1 Å². The topological polar surface area (TPSA) is 128 Å². The maximum Gasteiger partial charge on any atom is 0.408 e. The lowest BCUT2D eigenvalue weighted by Gasteiger charge is -2.32. The van der Waals surface area contributed by atoms with Crippen LogP contribution in [0.4, 0.5) is 4.79 Å². The Kier molecular flexibility index (Phi) is 6.69. The first kappa shape index (κ1) is 24.5. The fraction of sp³-hybridized carbons (Fsp3) is 0.435. The van der Waals surface area contributed by atoms with E-state index in [9.17, 15) is 24.0 Å². The van der Waals surface area contributed by atoms with Crippen LogP contribution in [0.3, 0.4) is 0 Å². The molecule has 0 radical (unpaired) electrons. The molecule has 0 saturated carbocycles. The average Bonchev–Trinajstić information content (AvgIpc) is 3.11. The van der Waals surface area contributed by atoms with Gasteiger partial charge in [0.15, 0.2) is 11.3 Å². The van der Waals surface area contributed by atoms with Gasteiger partial charge >= 0.3 is 12.1 Å². The normalized spacial score (nSPS) is 20.5. The summed E-state index contributed by atoms with van der Waals surface area (Å²) in [6.45, 7) is 8.06. The lowest BCUT2D eigenvalue weighted by molar-refractivity contribution is -0.150. The van der Waals surface area contributed by atoms with E-state index in [1.54, 1.807) is 45.9 Å². The summed E-state index contributed by atoms with van der Waals surface area (Å²) in [5, 5.41) is 5.00. The molecule has 0 bridgehead atoms. The summed E-state index contributed by atoms with van der Waals surface area (Å²) in [6.07, 6.45) is -0.811. The van der Waals surface area contributed by atoms with E-state index in [1.165, 1.54) is 13.0 Å². The van der Waals surface area contributed by atoms with E-state index in [-0.39, 0.29) is 39.7 Å². The molecular weight excluding hydrogens is 448 g/mol. The lowest BCUT2D eigenvalue weighted by atomic mass is 9.79. The van der Waals surface area contributed by atoms with Gasteiger partial charge in [-0.3, -0.25) is 14.4 Å². The maximum absolute atomic E-state index is 13.4. The molecule has 1 unspecified atom stereocenters. The van der Waals surface area contributed by atoms with Crippen molar-refractivity contribution in [2.45, 2.75) is 51.8 Å². The second kappa shape index (κ2) is 9.01. The first-order valence-electron chi connectivity index (χ1n) is 10.5. The zero-order valence-electron chi connectivity index (χ0n) is 19.1. The van der Waals surface area contributed by atoms with Gasteiger partial charge in [-0.1, -0.05) is 24.3 Å². The highest BCUT2D eigenvalue weighted by atomic mass is 32.2. The van der Waals surface area contributed by atoms with Gasteiger partial charge in [0, 0.05) is 16.9 Å². The van der Waals surface area contributed by atoms with Crippen LogP contribution < -0.4 is 10.6 Å². The van der Waals surface area contributed by atoms with Crippen molar-refractivity contribution in [3.8, 4) is 0 Å². The molecule has 1 aliphatic carbocycles. The molecule has 176 valence electrons. The standard InChI is InChI=1S/C23H26N2O7S/c1-6-31-20(29)23(25-19(28)12(2)24-21(30)32-22(3,4)5)11-33-18-15(23)16(26)13-9-7-8-10-14(13)17(18)27/h7-10,12H,6,11H2,1-5H3,(H,24,30)(H,25,28)/t12-,23?/m0/s1. The molecule has 33 heavy (non-hydrogen) atoms. The van der Waals surface area contributed by atoms with Gasteiger partial charge in [0.05, 0.1) is 17.1 Å². The fourth-order valence-electron chi connectivity index (χ4n) is 3.56. The summed E-state index contributed by atoms with van der Waals surface area (Å²) in [6, 6.07) is 5.24. The van der Waals surface area contributed by atoms with Crippen LogP contribution in [0.15, 0.2) is 34.7 Å². The number of esters is 1. The number of Topliss-reactive ketones (excluding diaryl/α,β-unsaturated/α-hetero) is 2. The SMILES string of the molecule is CCOC(=O)C1(NC(=O)[C@H](C)NC(=O)OC(C)(C)C)CSC2=C1C(=O)c1ccccc1C2=O. The second-order valence-corrected chi connectivity index (χ2v) is 9.67. The van der Waals surface area contributed by atoms with E-state index in [2.05, 4.69) is 10.6 Å². The highest BCUT2D eigenvalue weighted by Crippen LogP contribution is 2.46. The van der Waals surface area contributed by atoms with E-state index in [0.717, 1.165) is 11.8 Å². The number of carbonyl (C=O) groups is 5. The van der Waals surface area contributed by atoms with E-state index in [4.69, 9.17) is 9.47 Å². The van der Waals surface area contributed by atoms with Crippen molar-refractivity contribution in [2.24, 2.45) is 0 Å². The number of benzene rings is 1. The van der Waals surface area contributed by atoms with Gasteiger partial charge < -0.3 is 20.1 Å². The molecule has 2 atom stereocenters. The van der Waals surface area contributed by atoms with Crippen LogP contribution in [0.5, 0.6) is 0 Å². The molecule has 0 spiro atoms. The minimum atomic E-state index is -1.86. The molecule has 1 aliphatic heterocycles. The van der Waals surface area contributed by atoms with Crippen LogP contribution >= 0.6 is 11.8 Å². The van der Waals surface area contributed by atoms with E-state index in [0.29, 0.717) is 0 Å². The van der Waals surface area contributed by atoms with Gasteiger partial charge in [-0.25, -0.2) is 9.59 Å². The quantitative estimate of drug-likeness (QED) is 0.623. The molecule has 1 heterocycles. The number of ether oxygens (including phenoxy) is 2. The fourth-order valence-corrected chi connectivity index (χ4v) is 4.91. The number of hydrogen-bond acceptors (Lipinski definition) is 8. The highest BCUT2D eigenvalue weighted by Gasteiger charge is 2.56. The number of allylic oxidation sites excluding steroid dienone is 1. The molecule has 2 N–H and O–H groups in total. The minimum absolute atomic E-state index is 0.00811. The Morgan fingerprint density at radius 3 is 2.30 bits per heavy atom. The monoisotopic (exact) mass is 474 g/mol. The van der Waals surface area contributed by atoms with Gasteiger partial charge in [-0.05, 0) is 34.6 Å². The number of nitrogens with one attached hydrogen (secondary N) is 2. The van der Waals surface area contributed by atoms with Crippen molar-refractivity contribution >= 4 is 41.3 Å². The van der Waals surface area contributed by atoms with Gasteiger partial charge in [0.2, 0.25) is 11.7 Å². The van der Waals surface area contributed by atoms with Crippen molar-refractivity contribution in [3.63, 3.8) is 0 Å². The van der Waals surface area contributed by atoms with Gasteiger partial charge in [-0.15, -0.1) is 11.8 Å². The molecule has 0 fully saturated rings. The summed E-state index contributed by atoms with van der Waals surface area (Å²) in [7, 11) is 0. The number of alkyl carbamates (subject to hydrolysis) is 1. The van der Waals surface area contributed by atoms with E-state index in [1.807, 2.05) is 0 Å². The van der Waals surface area contributed by atoms with Crippen molar-refractivity contribution in [1.29, 1.82) is 0 Å². The Morgan fingerprint density at radius 1 is 1.12 bits per heavy atom. The van der Waals surface area contributed by atoms with Gasteiger partial charge in [-0.2, -0.15) is 0 Å². The van der Waals surface area contributed by atoms with Gasteiger partial charge in [0.1, 0.15) is 11.6 Å². The third-order valence-corrected chi connectivity index (χ3v) is 6.28. The first-order chi connectivity index (χ1) is 15.4. The molecular formula is C23H26N2O7S. The predicted octanol–water partition coefficient (Wildman–Crippen LogP) is 2.40. The molecule has 0 aromatic heterocycles. The molecule has 2 aliphatic rings. The second-order valence-electron chi connectivity index (χ2n) is 8.68. The van der Waals surface area contributed by atoms with Crippen LogP contribution in [-0.2, 0) is 19.1 Å². The third kappa shape index (κ3) is 4.66. The summed E-state index contributed by atoms with van der Waals surface area (Å²) in [5.41, 5.74) is -2.33. The molecule has 9 nitrogen and oxygen atoms in total. The Morgan fingerprint density at radius 2 is 1.73 bits per heavy atom. The Balaban J connectivity index is 1.95. The van der Waals surface area contributed by atoms with Crippen LogP contribution in [0.25, 0.3) is 0 Å². The average molecular weight is 475 g/mol. The number of carbonyl (C=O) groups excluding carboxylic acids is 5. The number of fused-ring (bicyclic) bond motifs is 1. The van der Waals surface area contributed by atoms with Crippen LogP contribution in [0, 0.1) is 0 Å². The number of amides is 2. The minimum Gasteiger partial charge on any atom is -0.464 e. The third-order valence-electron chi connectivity index (χ3n) is 5.02. The Labute approximate surface area is 195 Å². The summed E-state index contributed by atoms with van der Waals surface area (Å²) in [4.78, 5) is 64.7. The first-order valence-corrected chi connectivity index (χ1v) is 11.4. The number of thioether (sulfide) groups is 1. The van der Waals surface area contributed by atoms with Crippen molar-refractivity contribution in [2.75, 3.05) is 12.4 Å². The largest absolute Gasteiger partial charge is 0.464 e. The molecule has 0 saturated heterocycles. The predicted molar refractivity (Wildman–Crippen MR) is 121 cm³/mol. The Hall–Kier alpha value is -3.14. The van der Waals surface area contributed by atoms with Crippen molar-refractivity contribution in [3.05, 3.63) is 45.9 Å². The van der Waals surface area contributed by atoms with Crippen LogP contribution in [0.1, 0.15) is 55.3 Å². The van der Waals surface area contributed by atoms with Crippen molar-refractivity contribution in [1.82, 2.24) is 10.6 Å². The molecule has 10 heteroatoms. The number of hydrogen-bond donors (Lipinski definition) is 2. The maximum atomic E-state index is 13.4. The molecule has 2 amide bonds. The summed E-state index contributed by atoms with van der Waals surface area (Å²) in [5.74, 6) is -2.58. The summed E-state index contributed by atoms with van der Waals surface area (Å²) >= 11 is 1.02. The van der Waals surface area contributed by atoms with E-state index < -0.39 is 40.9 Å². The lowest BCUT2D eigenvalue weighted by Crippen LogP contribution is -2.62. The zero-order chi connectivity index (χ0) is 24.6. The van der Waals surface area contributed by atoms with Crippen LogP contribution in [0.2, 0.25) is 0 Å².